The van der Waals surface area contributed by atoms with E-state index < -0.39 is 0 Å². The van der Waals surface area contributed by atoms with Crippen molar-refractivity contribution < 1.29 is 0 Å². The Balaban J connectivity index is 2.30. The van der Waals surface area contributed by atoms with Crippen LogP contribution < -0.4 is 10.6 Å². The van der Waals surface area contributed by atoms with Crippen molar-refractivity contribution in [3.63, 3.8) is 0 Å². The van der Waals surface area contributed by atoms with E-state index in [0.717, 1.165) is 23.8 Å². The second-order valence-corrected chi connectivity index (χ2v) is 5.64. The summed E-state index contributed by atoms with van der Waals surface area (Å²) in [6, 6.07) is 0.642. The first-order valence-corrected chi connectivity index (χ1v) is 7.49. The van der Waals surface area contributed by atoms with E-state index in [1.54, 1.807) is 0 Å². The average Bonchev–Trinajstić information content (AvgIpc) is 2.93. The van der Waals surface area contributed by atoms with Crippen LogP contribution in [0.15, 0.2) is 6.20 Å². The normalized spacial score (nSPS) is 16.3. The highest BCUT2D eigenvalue weighted by molar-refractivity contribution is 5.50. The van der Waals surface area contributed by atoms with Gasteiger partial charge in [0.2, 0.25) is 0 Å². The number of nitrogens with zero attached hydrogens (tertiary/aromatic N) is 3. The smallest absolute Gasteiger partial charge is 0.131 e. The predicted molar refractivity (Wildman–Crippen MR) is 79.3 cm³/mol. The summed E-state index contributed by atoms with van der Waals surface area (Å²) >= 11 is 0. The van der Waals surface area contributed by atoms with Crippen LogP contribution >= 0.6 is 0 Å². The first-order valence-electron chi connectivity index (χ1n) is 7.49. The van der Waals surface area contributed by atoms with Gasteiger partial charge >= 0.3 is 0 Å². The summed E-state index contributed by atoms with van der Waals surface area (Å²) < 4.78 is 0. The third-order valence-corrected chi connectivity index (χ3v) is 3.99. The lowest BCUT2D eigenvalue weighted by Crippen LogP contribution is -2.34. The summed E-state index contributed by atoms with van der Waals surface area (Å²) in [5, 5.41) is 0. The molecule has 0 aromatic carbocycles. The standard InChI is InChI=1S/C15H26N4/c1-4-19(12-7-5-6-8-12)14-10-17-15(11(2)3)18-13(14)9-16/h10-12H,4-9,16H2,1-3H3. The van der Waals surface area contributed by atoms with Crippen molar-refractivity contribution >= 4 is 5.69 Å². The molecule has 1 aliphatic rings. The van der Waals surface area contributed by atoms with E-state index in [1.165, 1.54) is 25.7 Å². The van der Waals surface area contributed by atoms with Crippen molar-refractivity contribution in [2.24, 2.45) is 5.73 Å². The molecule has 0 amide bonds. The Kier molecular flexibility index (Phi) is 4.75. The topological polar surface area (TPSA) is 55.0 Å². The van der Waals surface area contributed by atoms with E-state index >= 15 is 0 Å². The van der Waals surface area contributed by atoms with Crippen LogP contribution in [0, 0.1) is 0 Å². The molecule has 4 nitrogen and oxygen atoms in total. The number of nitrogens with two attached hydrogens (primary N) is 1. The Bertz CT molecular complexity index is 411. The van der Waals surface area contributed by atoms with E-state index in [4.69, 9.17) is 5.73 Å². The Morgan fingerprint density at radius 1 is 1.37 bits per heavy atom. The first kappa shape index (κ1) is 14.3. The van der Waals surface area contributed by atoms with Gasteiger partial charge in [0.25, 0.3) is 0 Å². The van der Waals surface area contributed by atoms with E-state index in [0.29, 0.717) is 18.5 Å². The van der Waals surface area contributed by atoms with E-state index in [-0.39, 0.29) is 0 Å². The van der Waals surface area contributed by atoms with Crippen LogP contribution in [0.3, 0.4) is 0 Å². The van der Waals surface area contributed by atoms with Crippen LogP contribution in [0.1, 0.15) is 63.9 Å². The van der Waals surface area contributed by atoms with Crippen molar-refractivity contribution in [2.75, 3.05) is 11.4 Å². The van der Waals surface area contributed by atoms with Crippen LogP contribution in [-0.4, -0.2) is 22.6 Å². The molecular weight excluding hydrogens is 236 g/mol. The molecule has 1 aromatic rings. The molecule has 1 aromatic heterocycles. The molecule has 0 bridgehead atoms. The molecule has 106 valence electrons. The molecule has 4 heteroatoms. The molecule has 0 saturated heterocycles. The number of anilines is 1. The van der Waals surface area contributed by atoms with Crippen LogP contribution in [0.4, 0.5) is 5.69 Å². The Hall–Kier alpha value is -1.16. The van der Waals surface area contributed by atoms with Gasteiger partial charge in [-0.15, -0.1) is 0 Å². The van der Waals surface area contributed by atoms with Gasteiger partial charge in [-0.1, -0.05) is 26.7 Å². The minimum absolute atomic E-state index is 0.348. The fraction of sp³-hybridized carbons (Fsp3) is 0.733. The molecule has 2 rings (SSSR count). The zero-order valence-electron chi connectivity index (χ0n) is 12.4. The molecular formula is C15H26N4. The van der Waals surface area contributed by atoms with E-state index in [1.807, 2.05) is 6.20 Å². The highest BCUT2D eigenvalue weighted by Crippen LogP contribution is 2.29. The molecule has 2 N–H and O–H groups in total. The molecule has 1 aliphatic carbocycles. The van der Waals surface area contributed by atoms with Crippen LogP contribution in [0.2, 0.25) is 0 Å². The fourth-order valence-corrected chi connectivity index (χ4v) is 2.94. The van der Waals surface area contributed by atoms with Crippen molar-refractivity contribution in [3.8, 4) is 0 Å². The summed E-state index contributed by atoms with van der Waals surface area (Å²) in [4.78, 5) is 11.6. The second kappa shape index (κ2) is 6.33. The second-order valence-electron chi connectivity index (χ2n) is 5.64. The number of hydrogen-bond donors (Lipinski definition) is 1. The van der Waals surface area contributed by atoms with Gasteiger partial charge in [-0.3, -0.25) is 0 Å². The zero-order chi connectivity index (χ0) is 13.8. The monoisotopic (exact) mass is 262 g/mol. The number of aromatic nitrogens is 2. The quantitative estimate of drug-likeness (QED) is 0.886. The maximum absolute atomic E-state index is 5.89. The summed E-state index contributed by atoms with van der Waals surface area (Å²) in [5.41, 5.74) is 8.03. The van der Waals surface area contributed by atoms with Gasteiger partial charge in [0.1, 0.15) is 5.82 Å². The Labute approximate surface area is 116 Å². The van der Waals surface area contributed by atoms with Crippen LogP contribution in [0.25, 0.3) is 0 Å². The van der Waals surface area contributed by atoms with Gasteiger partial charge in [0, 0.05) is 25.0 Å². The highest BCUT2D eigenvalue weighted by atomic mass is 15.2. The van der Waals surface area contributed by atoms with Gasteiger partial charge in [-0.25, -0.2) is 9.97 Å². The van der Waals surface area contributed by atoms with Gasteiger partial charge in [-0.2, -0.15) is 0 Å². The number of rotatable bonds is 5. The van der Waals surface area contributed by atoms with Gasteiger partial charge < -0.3 is 10.6 Å². The fourth-order valence-electron chi connectivity index (χ4n) is 2.94. The lowest BCUT2D eigenvalue weighted by Gasteiger charge is -2.31. The molecule has 0 radical (unpaired) electrons. The molecule has 0 spiro atoms. The van der Waals surface area contributed by atoms with Gasteiger partial charge in [0.15, 0.2) is 0 Å². The minimum atomic E-state index is 0.348. The number of hydrogen-bond acceptors (Lipinski definition) is 4. The third-order valence-electron chi connectivity index (χ3n) is 3.99. The van der Waals surface area contributed by atoms with Crippen molar-refractivity contribution in [1.82, 2.24) is 9.97 Å². The Morgan fingerprint density at radius 3 is 2.58 bits per heavy atom. The molecule has 1 fully saturated rings. The Morgan fingerprint density at radius 2 is 2.05 bits per heavy atom. The first-order chi connectivity index (χ1) is 9.17. The summed E-state index contributed by atoms with van der Waals surface area (Å²) in [5.74, 6) is 1.24. The zero-order valence-corrected chi connectivity index (χ0v) is 12.4. The highest BCUT2D eigenvalue weighted by Gasteiger charge is 2.24. The maximum Gasteiger partial charge on any atom is 0.131 e. The summed E-state index contributed by atoms with van der Waals surface area (Å²) in [6.07, 6.45) is 7.22. The molecule has 0 unspecified atom stereocenters. The van der Waals surface area contributed by atoms with Crippen molar-refractivity contribution in [2.45, 2.75) is 65.0 Å². The molecule has 1 heterocycles. The third kappa shape index (κ3) is 3.06. The lowest BCUT2D eigenvalue weighted by atomic mass is 10.1. The van der Waals surface area contributed by atoms with Crippen molar-refractivity contribution in [3.05, 3.63) is 17.7 Å². The molecule has 0 aliphatic heterocycles. The summed E-state index contributed by atoms with van der Waals surface area (Å²) in [7, 11) is 0. The average molecular weight is 262 g/mol. The molecule has 1 saturated carbocycles. The maximum atomic E-state index is 5.89. The molecule has 0 atom stereocenters. The van der Waals surface area contributed by atoms with E-state index in [9.17, 15) is 0 Å². The van der Waals surface area contributed by atoms with Gasteiger partial charge in [-0.05, 0) is 19.8 Å². The van der Waals surface area contributed by atoms with Crippen LogP contribution in [0.5, 0.6) is 0 Å². The SMILES string of the molecule is CCN(c1cnc(C(C)C)nc1CN)C1CCCC1. The van der Waals surface area contributed by atoms with Crippen molar-refractivity contribution in [1.29, 1.82) is 0 Å². The van der Waals surface area contributed by atoms with E-state index in [2.05, 4.69) is 35.6 Å². The van der Waals surface area contributed by atoms with Gasteiger partial charge in [0.05, 0.1) is 17.6 Å². The minimum Gasteiger partial charge on any atom is -0.366 e. The summed E-state index contributed by atoms with van der Waals surface area (Å²) in [6.45, 7) is 7.92. The molecule has 19 heavy (non-hydrogen) atoms. The van der Waals surface area contributed by atoms with Crippen LogP contribution in [-0.2, 0) is 6.54 Å². The largest absolute Gasteiger partial charge is 0.366 e. The predicted octanol–water partition coefficient (Wildman–Crippen LogP) is 2.83. The lowest BCUT2D eigenvalue weighted by molar-refractivity contribution is 0.611.